The van der Waals surface area contributed by atoms with E-state index in [-0.39, 0.29) is 12.5 Å². The van der Waals surface area contributed by atoms with Gasteiger partial charge in [0.05, 0.1) is 13.7 Å². The molecule has 10 heteroatoms. The lowest BCUT2D eigenvalue weighted by Gasteiger charge is -2.34. The molecule has 2 aromatic carbocycles. The predicted octanol–water partition coefficient (Wildman–Crippen LogP) is 5.92. The molecule has 2 heterocycles. The molecule has 3 aromatic rings. The van der Waals surface area contributed by atoms with Crippen LogP contribution in [0.5, 0.6) is 0 Å². The summed E-state index contributed by atoms with van der Waals surface area (Å²) in [5, 5.41) is 7.11. The summed E-state index contributed by atoms with van der Waals surface area (Å²) in [6, 6.07) is 12.7. The van der Waals surface area contributed by atoms with Gasteiger partial charge in [0.15, 0.2) is 0 Å². The Morgan fingerprint density at radius 2 is 1.63 bits per heavy atom. The molecule has 0 radical (unpaired) electrons. The number of halogens is 3. The Morgan fingerprint density at radius 1 is 0.971 bits per heavy atom. The van der Waals surface area contributed by atoms with Crippen molar-refractivity contribution >= 4 is 63.0 Å². The fraction of sp³-hybridized carbons (Fsp3) is 0.280. The molecular formula is C25H24Cl3N3O3S. The Hall–Kier alpha value is -2.13. The average molecular weight is 553 g/mol. The third-order valence-corrected chi connectivity index (χ3v) is 7.56. The molecule has 35 heavy (non-hydrogen) atoms. The number of thiophene rings is 1. The molecule has 1 aliphatic rings. The van der Waals surface area contributed by atoms with Crippen LogP contribution >= 0.6 is 46.1 Å². The molecule has 0 bridgehead atoms. The van der Waals surface area contributed by atoms with Crippen LogP contribution in [0.3, 0.4) is 0 Å². The van der Waals surface area contributed by atoms with Crippen LogP contribution < -0.4 is 5.32 Å². The number of nitrogens with zero attached hydrogens (tertiary/aromatic N) is 2. The van der Waals surface area contributed by atoms with Crippen molar-refractivity contribution in [1.29, 1.82) is 0 Å². The number of methoxy groups -OCH3 is 1. The van der Waals surface area contributed by atoms with E-state index in [9.17, 15) is 9.59 Å². The molecular weight excluding hydrogens is 529 g/mol. The lowest BCUT2D eigenvalue weighted by atomic mass is 10.0. The fourth-order valence-corrected chi connectivity index (χ4v) is 5.53. The van der Waals surface area contributed by atoms with Crippen LogP contribution in [0.15, 0.2) is 47.8 Å². The van der Waals surface area contributed by atoms with Crippen molar-refractivity contribution in [2.45, 2.75) is 6.54 Å². The van der Waals surface area contributed by atoms with Crippen LogP contribution in [0.25, 0.3) is 11.1 Å². The van der Waals surface area contributed by atoms with Gasteiger partial charge < -0.3 is 10.1 Å². The Labute approximate surface area is 223 Å². The summed E-state index contributed by atoms with van der Waals surface area (Å²) in [4.78, 5) is 29.8. The summed E-state index contributed by atoms with van der Waals surface area (Å²) in [7, 11) is 1.33. The van der Waals surface area contributed by atoms with Crippen molar-refractivity contribution in [3.05, 3.63) is 74.0 Å². The van der Waals surface area contributed by atoms with Crippen molar-refractivity contribution in [1.82, 2.24) is 9.80 Å². The largest absolute Gasteiger partial charge is 0.465 e. The van der Waals surface area contributed by atoms with Gasteiger partial charge in [-0.2, -0.15) is 0 Å². The average Bonchev–Trinajstić information content (AvgIpc) is 3.25. The van der Waals surface area contributed by atoms with Gasteiger partial charge in [-0.3, -0.25) is 14.6 Å². The summed E-state index contributed by atoms with van der Waals surface area (Å²) in [5.74, 6) is -0.671. The number of hydrogen-bond donors (Lipinski definition) is 1. The first kappa shape index (κ1) is 25.9. The number of ether oxygens (including phenoxy) is 1. The first-order valence-electron chi connectivity index (χ1n) is 11.0. The quantitative estimate of drug-likeness (QED) is 0.369. The maximum Gasteiger partial charge on any atom is 0.341 e. The molecule has 184 valence electrons. The van der Waals surface area contributed by atoms with Gasteiger partial charge in [-0.05, 0) is 35.4 Å². The van der Waals surface area contributed by atoms with Crippen molar-refractivity contribution in [3.63, 3.8) is 0 Å². The minimum absolute atomic E-state index is 0.172. The van der Waals surface area contributed by atoms with Gasteiger partial charge >= 0.3 is 5.97 Å². The van der Waals surface area contributed by atoms with Crippen molar-refractivity contribution in [2.24, 2.45) is 0 Å². The molecule has 0 aliphatic carbocycles. The van der Waals surface area contributed by atoms with Gasteiger partial charge in [0.1, 0.15) is 10.6 Å². The number of anilines is 1. The highest BCUT2D eigenvalue weighted by molar-refractivity contribution is 7.15. The van der Waals surface area contributed by atoms with E-state index in [2.05, 4.69) is 15.1 Å². The van der Waals surface area contributed by atoms with Gasteiger partial charge in [-0.15, -0.1) is 11.3 Å². The number of benzene rings is 2. The summed E-state index contributed by atoms with van der Waals surface area (Å²) < 4.78 is 4.99. The SMILES string of the molecule is COC(=O)c1c(-c2ccc(Cl)cc2)csc1NC(=O)CN1CCN(Cc2ccc(Cl)cc2Cl)CC1. The van der Waals surface area contributed by atoms with Crippen LogP contribution in [0, 0.1) is 0 Å². The van der Waals surface area contributed by atoms with Gasteiger partial charge in [0.2, 0.25) is 5.91 Å². The molecule has 1 aliphatic heterocycles. The van der Waals surface area contributed by atoms with Crippen LogP contribution in [-0.2, 0) is 16.1 Å². The standard InChI is InChI=1S/C25H24Cl3N3O3S/c1-34-25(33)23-20(16-2-5-18(26)6-3-16)15-35-24(23)29-22(32)14-31-10-8-30(9-11-31)13-17-4-7-19(27)12-21(17)28/h2-7,12,15H,8-11,13-14H2,1H3,(H,29,32). The minimum Gasteiger partial charge on any atom is -0.465 e. The highest BCUT2D eigenvalue weighted by Crippen LogP contribution is 2.36. The summed E-state index contributed by atoms with van der Waals surface area (Å²) in [5.41, 5.74) is 2.90. The monoisotopic (exact) mass is 551 g/mol. The third kappa shape index (κ3) is 6.55. The molecule has 6 nitrogen and oxygen atoms in total. The van der Waals surface area contributed by atoms with E-state index < -0.39 is 5.97 Å². The van der Waals surface area contributed by atoms with Gasteiger partial charge in [0, 0.05) is 58.7 Å². The molecule has 0 saturated carbocycles. The second kappa shape index (κ2) is 11.7. The molecule has 1 fully saturated rings. The Bertz CT molecular complexity index is 1210. The van der Waals surface area contributed by atoms with E-state index in [0.29, 0.717) is 31.2 Å². The Balaban J connectivity index is 1.36. The fourth-order valence-electron chi connectivity index (χ4n) is 3.96. The van der Waals surface area contributed by atoms with E-state index in [1.165, 1.54) is 18.4 Å². The van der Waals surface area contributed by atoms with Gasteiger partial charge in [-0.1, -0.05) is 53.0 Å². The highest BCUT2D eigenvalue weighted by Gasteiger charge is 2.24. The Morgan fingerprint density at radius 3 is 2.29 bits per heavy atom. The number of rotatable bonds is 7. The van der Waals surface area contributed by atoms with E-state index in [4.69, 9.17) is 39.5 Å². The first-order chi connectivity index (χ1) is 16.8. The maximum absolute atomic E-state index is 12.8. The molecule has 0 spiro atoms. The number of carbonyl (C=O) groups is 2. The Kier molecular flexibility index (Phi) is 8.70. The van der Waals surface area contributed by atoms with E-state index in [0.717, 1.165) is 43.9 Å². The molecule has 4 rings (SSSR count). The van der Waals surface area contributed by atoms with E-state index in [1.807, 2.05) is 29.6 Å². The normalized spacial score (nSPS) is 14.6. The number of piperazine rings is 1. The molecule has 1 amide bonds. The smallest absolute Gasteiger partial charge is 0.341 e. The van der Waals surface area contributed by atoms with Crippen molar-refractivity contribution in [3.8, 4) is 11.1 Å². The third-order valence-electron chi connectivity index (χ3n) is 5.83. The van der Waals surface area contributed by atoms with Crippen LogP contribution in [0.2, 0.25) is 15.1 Å². The zero-order chi connectivity index (χ0) is 24.9. The summed E-state index contributed by atoms with van der Waals surface area (Å²) >= 11 is 19.6. The molecule has 1 aromatic heterocycles. The second-order valence-corrected chi connectivity index (χ2v) is 10.3. The van der Waals surface area contributed by atoms with E-state index >= 15 is 0 Å². The zero-order valence-electron chi connectivity index (χ0n) is 19.0. The van der Waals surface area contributed by atoms with Crippen molar-refractivity contribution in [2.75, 3.05) is 45.2 Å². The predicted molar refractivity (Wildman–Crippen MR) is 143 cm³/mol. The number of carbonyl (C=O) groups excluding carboxylic acids is 2. The topological polar surface area (TPSA) is 61.9 Å². The lowest BCUT2D eigenvalue weighted by molar-refractivity contribution is -0.117. The summed E-state index contributed by atoms with van der Waals surface area (Å²) in [6.07, 6.45) is 0. The summed E-state index contributed by atoms with van der Waals surface area (Å²) in [6.45, 7) is 4.12. The zero-order valence-corrected chi connectivity index (χ0v) is 22.1. The van der Waals surface area contributed by atoms with E-state index in [1.54, 1.807) is 18.2 Å². The molecule has 1 N–H and O–H groups in total. The molecule has 0 unspecified atom stereocenters. The lowest BCUT2D eigenvalue weighted by Crippen LogP contribution is -2.48. The molecule has 0 atom stereocenters. The van der Waals surface area contributed by atoms with Crippen molar-refractivity contribution < 1.29 is 14.3 Å². The number of esters is 1. The first-order valence-corrected chi connectivity index (χ1v) is 13.0. The minimum atomic E-state index is -0.499. The highest BCUT2D eigenvalue weighted by atomic mass is 35.5. The van der Waals surface area contributed by atoms with Crippen LogP contribution in [0.1, 0.15) is 15.9 Å². The molecule has 1 saturated heterocycles. The number of hydrogen-bond acceptors (Lipinski definition) is 6. The number of amides is 1. The van der Waals surface area contributed by atoms with Crippen LogP contribution in [0.4, 0.5) is 5.00 Å². The van der Waals surface area contributed by atoms with Gasteiger partial charge in [0.25, 0.3) is 0 Å². The number of nitrogens with one attached hydrogen (secondary N) is 1. The maximum atomic E-state index is 12.8. The van der Waals surface area contributed by atoms with Gasteiger partial charge in [-0.25, -0.2) is 4.79 Å². The second-order valence-electron chi connectivity index (χ2n) is 8.19. The van der Waals surface area contributed by atoms with Crippen LogP contribution in [-0.4, -0.2) is 61.5 Å².